The molecule has 0 aromatic heterocycles. The quantitative estimate of drug-likeness (QED) is 0.253. The van der Waals surface area contributed by atoms with Gasteiger partial charge in [0.1, 0.15) is 10.1 Å². The third-order valence-electron chi connectivity index (χ3n) is 0.652. The van der Waals surface area contributed by atoms with Crippen LogP contribution in [0.1, 0.15) is 6.92 Å². The SMILES string of the molecule is C=CC(C)=CS(=O)(=O)[O-].[Li+]. The molecule has 0 unspecified atom stereocenters. The molecule has 0 saturated carbocycles. The molecular formula is C5H7LiO3S. The fourth-order valence-corrected chi connectivity index (χ4v) is 0.827. The average Bonchev–Trinajstić information content (AvgIpc) is 1.62. The third-order valence-corrected chi connectivity index (χ3v) is 1.31. The molecule has 0 rings (SSSR count). The van der Waals surface area contributed by atoms with Crippen LogP contribution in [0.3, 0.4) is 0 Å². The van der Waals surface area contributed by atoms with Crippen molar-refractivity contribution in [1.82, 2.24) is 0 Å². The molecule has 0 saturated heterocycles. The van der Waals surface area contributed by atoms with Crippen molar-refractivity contribution in [3.8, 4) is 0 Å². The summed E-state index contributed by atoms with van der Waals surface area (Å²) in [7, 11) is -4.22. The first kappa shape index (κ1) is 12.6. The summed E-state index contributed by atoms with van der Waals surface area (Å²) >= 11 is 0. The smallest absolute Gasteiger partial charge is 0.744 e. The van der Waals surface area contributed by atoms with Crippen LogP contribution in [0, 0.1) is 0 Å². The van der Waals surface area contributed by atoms with Gasteiger partial charge < -0.3 is 4.55 Å². The van der Waals surface area contributed by atoms with Gasteiger partial charge >= 0.3 is 18.9 Å². The van der Waals surface area contributed by atoms with Crippen LogP contribution in [-0.4, -0.2) is 13.0 Å². The first-order valence-electron chi connectivity index (χ1n) is 2.22. The molecule has 0 heterocycles. The second-order valence-corrected chi connectivity index (χ2v) is 2.78. The van der Waals surface area contributed by atoms with Gasteiger partial charge in [-0.3, -0.25) is 0 Å². The van der Waals surface area contributed by atoms with Crippen molar-refractivity contribution in [1.29, 1.82) is 0 Å². The van der Waals surface area contributed by atoms with Crippen LogP contribution in [-0.2, 0) is 10.1 Å². The zero-order valence-electron chi connectivity index (χ0n) is 5.99. The van der Waals surface area contributed by atoms with E-state index in [1.54, 1.807) is 0 Å². The van der Waals surface area contributed by atoms with Gasteiger partial charge in [-0.1, -0.05) is 12.7 Å². The van der Waals surface area contributed by atoms with Gasteiger partial charge in [-0.25, -0.2) is 8.42 Å². The monoisotopic (exact) mass is 154 g/mol. The summed E-state index contributed by atoms with van der Waals surface area (Å²) in [5, 5.41) is 0.625. The van der Waals surface area contributed by atoms with Crippen LogP contribution in [0.15, 0.2) is 23.6 Å². The Labute approximate surface area is 72.7 Å². The van der Waals surface area contributed by atoms with Gasteiger partial charge in [-0.2, -0.15) is 0 Å². The molecule has 0 fully saturated rings. The number of hydrogen-bond acceptors (Lipinski definition) is 3. The minimum Gasteiger partial charge on any atom is -0.744 e. The first-order chi connectivity index (χ1) is 3.95. The van der Waals surface area contributed by atoms with Crippen molar-refractivity contribution in [3.63, 3.8) is 0 Å². The zero-order valence-corrected chi connectivity index (χ0v) is 6.81. The Morgan fingerprint density at radius 3 is 2.10 bits per heavy atom. The number of allylic oxidation sites excluding steroid dienone is 2. The maximum atomic E-state index is 9.92. The third kappa shape index (κ3) is 7.99. The largest absolute Gasteiger partial charge is 1.00 e. The summed E-state index contributed by atoms with van der Waals surface area (Å²) in [6.45, 7) is 4.76. The Kier molecular flexibility index (Phi) is 6.01. The van der Waals surface area contributed by atoms with Crippen LogP contribution in [0.5, 0.6) is 0 Å². The normalized spacial score (nSPS) is 12.0. The van der Waals surface area contributed by atoms with Gasteiger partial charge in [0.25, 0.3) is 0 Å². The maximum Gasteiger partial charge on any atom is 1.00 e. The minimum absolute atomic E-state index is 0. The van der Waals surface area contributed by atoms with E-state index >= 15 is 0 Å². The molecule has 0 amide bonds. The van der Waals surface area contributed by atoms with Crippen LogP contribution >= 0.6 is 0 Å². The van der Waals surface area contributed by atoms with Crippen molar-refractivity contribution in [2.75, 3.05) is 0 Å². The van der Waals surface area contributed by atoms with Crippen molar-refractivity contribution in [2.24, 2.45) is 0 Å². The summed E-state index contributed by atoms with van der Waals surface area (Å²) < 4.78 is 29.8. The summed E-state index contributed by atoms with van der Waals surface area (Å²) in [6.07, 6.45) is 1.30. The van der Waals surface area contributed by atoms with E-state index in [1.165, 1.54) is 13.0 Å². The van der Waals surface area contributed by atoms with Crippen LogP contribution in [0.2, 0.25) is 0 Å². The average molecular weight is 154 g/mol. The Morgan fingerprint density at radius 2 is 2.00 bits per heavy atom. The van der Waals surface area contributed by atoms with Crippen LogP contribution in [0.4, 0.5) is 0 Å². The standard InChI is InChI=1S/C5H8O3S.Li/c1-3-5(2)4-9(6,7)8;/h3-4H,1H2,2H3,(H,6,7,8);/q;+1/p-1. The summed E-state index contributed by atoms with van der Waals surface area (Å²) in [4.78, 5) is 0. The fraction of sp³-hybridized carbons (Fsp3) is 0.200. The van der Waals surface area contributed by atoms with Crippen molar-refractivity contribution >= 4 is 10.1 Å². The van der Waals surface area contributed by atoms with E-state index < -0.39 is 10.1 Å². The van der Waals surface area contributed by atoms with E-state index in [4.69, 9.17) is 0 Å². The van der Waals surface area contributed by atoms with Crippen molar-refractivity contribution in [3.05, 3.63) is 23.6 Å². The topological polar surface area (TPSA) is 57.2 Å². The Hall–Kier alpha value is -0.0126. The fourth-order valence-electron chi connectivity index (χ4n) is 0.276. The molecule has 0 aromatic rings. The molecule has 0 aliphatic heterocycles. The molecule has 52 valence electrons. The van der Waals surface area contributed by atoms with Crippen LogP contribution in [0.25, 0.3) is 0 Å². The Morgan fingerprint density at radius 1 is 1.60 bits per heavy atom. The van der Waals surface area contributed by atoms with E-state index in [9.17, 15) is 13.0 Å². The molecule has 0 aromatic carbocycles. The van der Waals surface area contributed by atoms with E-state index in [0.717, 1.165) is 0 Å². The summed E-state index contributed by atoms with van der Waals surface area (Å²) in [5.74, 6) is 0. The molecule has 0 aliphatic carbocycles. The van der Waals surface area contributed by atoms with Gasteiger partial charge in [0.05, 0.1) is 0 Å². The Bertz CT molecular complexity index is 227. The predicted molar refractivity (Wildman–Crippen MR) is 33.7 cm³/mol. The van der Waals surface area contributed by atoms with E-state index in [2.05, 4.69) is 6.58 Å². The van der Waals surface area contributed by atoms with E-state index in [-0.39, 0.29) is 18.9 Å². The van der Waals surface area contributed by atoms with E-state index in [1.807, 2.05) is 0 Å². The number of hydrogen-bond donors (Lipinski definition) is 0. The minimum atomic E-state index is -4.22. The van der Waals surface area contributed by atoms with Crippen LogP contribution < -0.4 is 18.9 Å². The molecular weight excluding hydrogens is 147 g/mol. The molecule has 0 spiro atoms. The van der Waals surface area contributed by atoms with Gasteiger partial charge in [0.15, 0.2) is 0 Å². The molecule has 0 bridgehead atoms. The molecule has 0 N–H and O–H groups in total. The van der Waals surface area contributed by atoms with Gasteiger partial charge in [0, 0.05) is 5.41 Å². The van der Waals surface area contributed by atoms with Gasteiger partial charge in [-0.15, -0.1) is 0 Å². The molecule has 3 nitrogen and oxygen atoms in total. The van der Waals surface area contributed by atoms with E-state index in [0.29, 0.717) is 11.0 Å². The van der Waals surface area contributed by atoms with Crippen molar-refractivity contribution in [2.45, 2.75) is 6.92 Å². The molecule has 0 radical (unpaired) electrons. The molecule has 0 atom stereocenters. The predicted octanol–water partition coefficient (Wildman–Crippen LogP) is -2.37. The maximum absolute atomic E-state index is 9.92. The Balaban J connectivity index is 0. The summed E-state index contributed by atoms with van der Waals surface area (Å²) in [5.41, 5.74) is 0.352. The summed E-state index contributed by atoms with van der Waals surface area (Å²) in [6, 6.07) is 0. The molecule has 0 aliphatic rings. The first-order valence-corrected chi connectivity index (χ1v) is 3.69. The second-order valence-electron chi connectivity index (χ2n) is 1.56. The molecule has 5 heteroatoms. The van der Waals surface area contributed by atoms with Crippen molar-refractivity contribution < 1.29 is 31.8 Å². The zero-order chi connectivity index (χ0) is 7.49. The van der Waals surface area contributed by atoms with Gasteiger partial charge in [0.2, 0.25) is 0 Å². The molecule has 10 heavy (non-hydrogen) atoms. The second kappa shape index (κ2) is 4.75. The number of rotatable bonds is 2. The van der Waals surface area contributed by atoms with Gasteiger partial charge in [-0.05, 0) is 12.5 Å².